The van der Waals surface area contributed by atoms with Crippen LogP contribution in [0, 0.1) is 19.8 Å². The molecule has 1 atom stereocenters. The minimum Gasteiger partial charge on any atom is -0.338 e. The van der Waals surface area contributed by atoms with Crippen LogP contribution in [0.15, 0.2) is 42.5 Å². The third-order valence-corrected chi connectivity index (χ3v) is 5.34. The first-order valence-electron chi connectivity index (χ1n) is 9.66. The summed E-state index contributed by atoms with van der Waals surface area (Å²) >= 11 is 0. The molecule has 142 valence electrons. The number of piperidine rings is 1. The van der Waals surface area contributed by atoms with Gasteiger partial charge in [-0.05, 0) is 63.9 Å². The number of nitrogens with zero attached hydrogens (tertiary/aromatic N) is 1. The fraction of sp³-hybridized carbons (Fsp3) is 0.391. The van der Waals surface area contributed by atoms with Gasteiger partial charge in [0.2, 0.25) is 0 Å². The van der Waals surface area contributed by atoms with E-state index in [-0.39, 0.29) is 11.7 Å². The standard InChI is InChI=1S/C23H28N2O2/c1-16-10-11-17(2)21(13-16)22(26)19-8-4-5-9-20(19)23(27)25-12-6-7-18(15-25)14-24-3/h4-5,8-11,13,18,24H,6-7,12,14-15H2,1-3H3/t18-/m0/s1. The molecule has 1 amide bonds. The van der Waals surface area contributed by atoms with Crippen LogP contribution in [0.3, 0.4) is 0 Å². The van der Waals surface area contributed by atoms with Gasteiger partial charge in [0.1, 0.15) is 0 Å². The van der Waals surface area contributed by atoms with Crippen molar-refractivity contribution in [1.82, 2.24) is 10.2 Å². The summed E-state index contributed by atoms with van der Waals surface area (Å²) < 4.78 is 0. The fourth-order valence-corrected chi connectivity index (χ4v) is 3.87. The molecule has 4 heteroatoms. The molecule has 4 nitrogen and oxygen atoms in total. The zero-order chi connectivity index (χ0) is 19.4. The molecule has 0 unspecified atom stereocenters. The first-order chi connectivity index (χ1) is 13.0. The largest absolute Gasteiger partial charge is 0.338 e. The highest BCUT2D eigenvalue weighted by molar-refractivity contribution is 6.16. The fourth-order valence-electron chi connectivity index (χ4n) is 3.87. The lowest BCUT2D eigenvalue weighted by Gasteiger charge is -2.33. The molecule has 1 N–H and O–H groups in total. The molecule has 1 heterocycles. The van der Waals surface area contributed by atoms with E-state index in [1.165, 1.54) is 0 Å². The number of benzene rings is 2. The summed E-state index contributed by atoms with van der Waals surface area (Å²) in [5.74, 6) is 0.351. The van der Waals surface area contributed by atoms with Gasteiger partial charge >= 0.3 is 0 Å². The number of aryl methyl sites for hydroxylation is 2. The van der Waals surface area contributed by atoms with Crippen LogP contribution < -0.4 is 5.32 Å². The summed E-state index contributed by atoms with van der Waals surface area (Å²) in [6, 6.07) is 13.1. The average Bonchev–Trinajstić information content (AvgIpc) is 2.69. The van der Waals surface area contributed by atoms with Gasteiger partial charge in [0.25, 0.3) is 5.91 Å². The van der Waals surface area contributed by atoms with E-state index >= 15 is 0 Å². The van der Waals surface area contributed by atoms with Crippen LogP contribution in [0.4, 0.5) is 0 Å². The van der Waals surface area contributed by atoms with Crippen LogP contribution in [0.1, 0.15) is 50.2 Å². The highest BCUT2D eigenvalue weighted by atomic mass is 16.2. The summed E-state index contributed by atoms with van der Waals surface area (Å²) in [5.41, 5.74) is 3.64. The molecule has 0 spiro atoms. The minimum atomic E-state index is -0.0797. The maximum Gasteiger partial charge on any atom is 0.254 e. The third kappa shape index (κ3) is 4.28. The normalized spacial score (nSPS) is 17.0. The van der Waals surface area contributed by atoms with Crippen molar-refractivity contribution in [3.63, 3.8) is 0 Å². The number of ketones is 1. The summed E-state index contributed by atoms with van der Waals surface area (Å²) in [4.78, 5) is 28.3. The minimum absolute atomic E-state index is 0.0370. The van der Waals surface area contributed by atoms with Gasteiger partial charge in [-0.2, -0.15) is 0 Å². The van der Waals surface area contributed by atoms with E-state index in [0.717, 1.165) is 43.6 Å². The van der Waals surface area contributed by atoms with Crippen LogP contribution in [-0.2, 0) is 0 Å². The molecule has 2 aromatic carbocycles. The molecular weight excluding hydrogens is 336 g/mol. The lowest BCUT2D eigenvalue weighted by molar-refractivity contribution is 0.0671. The number of hydrogen-bond donors (Lipinski definition) is 1. The van der Waals surface area contributed by atoms with Gasteiger partial charge < -0.3 is 10.2 Å². The molecule has 27 heavy (non-hydrogen) atoms. The zero-order valence-electron chi connectivity index (χ0n) is 16.4. The van der Waals surface area contributed by atoms with Crippen molar-refractivity contribution >= 4 is 11.7 Å². The first kappa shape index (κ1) is 19.3. The quantitative estimate of drug-likeness (QED) is 0.825. The Labute approximate surface area is 161 Å². The Hall–Kier alpha value is -2.46. The van der Waals surface area contributed by atoms with E-state index in [2.05, 4.69) is 5.32 Å². The van der Waals surface area contributed by atoms with E-state index in [0.29, 0.717) is 22.6 Å². The molecule has 0 saturated carbocycles. The SMILES string of the molecule is CNC[C@@H]1CCCN(C(=O)c2ccccc2C(=O)c2cc(C)ccc2C)C1. The molecule has 0 bridgehead atoms. The highest BCUT2D eigenvalue weighted by Crippen LogP contribution is 2.23. The van der Waals surface area contributed by atoms with Crippen molar-refractivity contribution in [2.75, 3.05) is 26.7 Å². The number of carbonyl (C=O) groups is 2. The Morgan fingerprint density at radius 1 is 1.07 bits per heavy atom. The van der Waals surface area contributed by atoms with E-state index in [1.807, 2.05) is 56.1 Å². The molecule has 1 fully saturated rings. The zero-order valence-corrected chi connectivity index (χ0v) is 16.4. The molecule has 1 saturated heterocycles. The molecule has 0 radical (unpaired) electrons. The van der Waals surface area contributed by atoms with E-state index in [9.17, 15) is 9.59 Å². The topological polar surface area (TPSA) is 49.4 Å². The molecule has 3 rings (SSSR count). The van der Waals surface area contributed by atoms with Gasteiger partial charge in [0.15, 0.2) is 5.78 Å². The third-order valence-electron chi connectivity index (χ3n) is 5.34. The second kappa shape index (κ2) is 8.49. The number of rotatable bonds is 5. The van der Waals surface area contributed by atoms with E-state index in [1.54, 1.807) is 12.1 Å². The second-order valence-electron chi connectivity index (χ2n) is 7.51. The summed E-state index contributed by atoms with van der Waals surface area (Å²) in [6.07, 6.45) is 2.14. The number of amides is 1. The Kier molecular flexibility index (Phi) is 6.07. The second-order valence-corrected chi connectivity index (χ2v) is 7.51. The van der Waals surface area contributed by atoms with Crippen molar-refractivity contribution in [3.05, 3.63) is 70.3 Å². The molecule has 1 aliphatic heterocycles. The number of likely N-dealkylation sites (tertiary alicyclic amines) is 1. The predicted octanol–water partition coefficient (Wildman–Crippen LogP) is 3.61. The van der Waals surface area contributed by atoms with Crippen molar-refractivity contribution in [2.45, 2.75) is 26.7 Å². The maximum absolute atomic E-state index is 13.2. The molecule has 0 aliphatic carbocycles. The van der Waals surface area contributed by atoms with Crippen molar-refractivity contribution < 1.29 is 9.59 Å². The van der Waals surface area contributed by atoms with Gasteiger partial charge in [-0.3, -0.25) is 9.59 Å². The van der Waals surface area contributed by atoms with Crippen molar-refractivity contribution in [2.24, 2.45) is 5.92 Å². The van der Waals surface area contributed by atoms with Crippen molar-refractivity contribution in [1.29, 1.82) is 0 Å². The Bertz CT molecular complexity index is 842. The van der Waals surface area contributed by atoms with Gasteiger partial charge in [0, 0.05) is 24.2 Å². The van der Waals surface area contributed by atoms with Gasteiger partial charge in [-0.1, -0.05) is 35.9 Å². The van der Waals surface area contributed by atoms with Crippen LogP contribution in [0.2, 0.25) is 0 Å². The monoisotopic (exact) mass is 364 g/mol. The first-order valence-corrected chi connectivity index (χ1v) is 9.66. The lowest BCUT2D eigenvalue weighted by Crippen LogP contribution is -2.42. The van der Waals surface area contributed by atoms with Gasteiger partial charge in [0.05, 0.1) is 5.56 Å². The Morgan fingerprint density at radius 2 is 1.81 bits per heavy atom. The summed E-state index contributed by atoms with van der Waals surface area (Å²) in [7, 11) is 1.94. The highest BCUT2D eigenvalue weighted by Gasteiger charge is 2.27. The maximum atomic E-state index is 13.2. The van der Waals surface area contributed by atoms with Crippen LogP contribution in [0.5, 0.6) is 0 Å². The van der Waals surface area contributed by atoms with Crippen LogP contribution >= 0.6 is 0 Å². The van der Waals surface area contributed by atoms with Crippen LogP contribution in [-0.4, -0.2) is 43.3 Å². The smallest absolute Gasteiger partial charge is 0.254 e. The van der Waals surface area contributed by atoms with Crippen LogP contribution in [0.25, 0.3) is 0 Å². The molecule has 2 aromatic rings. The Morgan fingerprint density at radius 3 is 2.56 bits per heavy atom. The molecule has 0 aromatic heterocycles. The Balaban J connectivity index is 1.90. The van der Waals surface area contributed by atoms with Gasteiger partial charge in [-0.15, -0.1) is 0 Å². The summed E-state index contributed by atoms with van der Waals surface area (Å²) in [5, 5.41) is 3.21. The number of hydrogen-bond acceptors (Lipinski definition) is 3. The van der Waals surface area contributed by atoms with E-state index in [4.69, 9.17) is 0 Å². The number of carbonyl (C=O) groups excluding carboxylic acids is 2. The van der Waals surface area contributed by atoms with Gasteiger partial charge in [-0.25, -0.2) is 0 Å². The molecule has 1 aliphatic rings. The summed E-state index contributed by atoms with van der Waals surface area (Å²) in [6.45, 7) is 6.32. The predicted molar refractivity (Wildman–Crippen MR) is 108 cm³/mol. The average molecular weight is 364 g/mol. The molecular formula is C23H28N2O2. The number of nitrogens with one attached hydrogen (secondary N) is 1. The van der Waals surface area contributed by atoms with E-state index < -0.39 is 0 Å². The lowest BCUT2D eigenvalue weighted by atomic mass is 9.92. The van der Waals surface area contributed by atoms with Crippen molar-refractivity contribution in [3.8, 4) is 0 Å².